The highest BCUT2D eigenvalue weighted by molar-refractivity contribution is 8.07. The fourth-order valence-corrected chi connectivity index (χ4v) is 3.79. The van der Waals surface area contributed by atoms with Crippen LogP contribution in [-0.4, -0.2) is 45.7 Å². The van der Waals surface area contributed by atoms with Crippen molar-refractivity contribution in [1.29, 1.82) is 0 Å². The Bertz CT molecular complexity index is 262. The minimum absolute atomic E-state index is 0.0370. The SMILES string of the molecule is CCCCC(C)OP(=S)(OCCOCC)OCCOCC. The van der Waals surface area contributed by atoms with Gasteiger partial charge in [0.25, 0.3) is 0 Å². The van der Waals surface area contributed by atoms with Crippen molar-refractivity contribution in [2.24, 2.45) is 0 Å². The van der Waals surface area contributed by atoms with E-state index in [9.17, 15) is 0 Å². The first-order valence-corrected chi connectivity index (χ1v) is 10.4. The minimum atomic E-state index is -2.72. The van der Waals surface area contributed by atoms with E-state index < -0.39 is 6.72 Å². The molecule has 0 radical (unpaired) electrons. The maximum Gasteiger partial charge on any atom is 0.327 e. The highest BCUT2D eigenvalue weighted by Crippen LogP contribution is 2.51. The van der Waals surface area contributed by atoms with Crippen LogP contribution in [0.2, 0.25) is 0 Å². The van der Waals surface area contributed by atoms with Crippen LogP contribution in [0.1, 0.15) is 47.0 Å². The molecule has 0 amide bonds. The maximum absolute atomic E-state index is 5.87. The Labute approximate surface area is 134 Å². The van der Waals surface area contributed by atoms with Gasteiger partial charge in [-0.25, -0.2) is 0 Å². The van der Waals surface area contributed by atoms with Crippen LogP contribution in [-0.2, 0) is 34.9 Å². The second-order valence-electron chi connectivity index (χ2n) is 4.57. The smallest absolute Gasteiger partial charge is 0.327 e. The summed E-state index contributed by atoms with van der Waals surface area (Å²) in [6, 6.07) is 0. The summed E-state index contributed by atoms with van der Waals surface area (Å²) < 4.78 is 27.7. The van der Waals surface area contributed by atoms with Gasteiger partial charge >= 0.3 is 6.72 Å². The predicted molar refractivity (Wildman–Crippen MR) is 89.2 cm³/mol. The lowest BCUT2D eigenvalue weighted by Crippen LogP contribution is -2.13. The van der Waals surface area contributed by atoms with Crippen LogP contribution in [0.25, 0.3) is 0 Å². The van der Waals surface area contributed by atoms with E-state index in [-0.39, 0.29) is 6.10 Å². The molecule has 0 rings (SSSR count). The van der Waals surface area contributed by atoms with Crippen molar-refractivity contribution in [3.05, 3.63) is 0 Å². The van der Waals surface area contributed by atoms with Crippen LogP contribution in [0, 0.1) is 0 Å². The van der Waals surface area contributed by atoms with Gasteiger partial charge in [-0.05, 0) is 39.0 Å². The van der Waals surface area contributed by atoms with Gasteiger partial charge in [0, 0.05) is 13.2 Å². The fourth-order valence-electron chi connectivity index (χ4n) is 1.57. The molecule has 0 saturated carbocycles. The number of rotatable bonds is 15. The van der Waals surface area contributed by atoms with E-state index in [0.29, 0.717) is 39.6 Å². The largest absolute Gasteiger partial charge is 0.379 e. The van der Waals surface area contributed by atoms with Crippen molar-refractivity contribution >= 4 is 18.5 Å². The molecule has 1 atom stereocenters. The molecule has 21 heavy (non-hydrogen) atoms. The topological polar surface area (TPSA) is 46.2 Å². The fraction of sp³-hybridized carbons (Fsp3) is 1.00. The average molecular weight is 342 g/mol. The molecule has 0 aliphatic rings. The lowest BCUT2D eigenvalue weighted by Gasteiger charge is -2.25. The molecule has 0 aliphatic carbocycles. The zero-order valence-corrected chi connectivity index (χ0v) is 15.5. The molecule has 0 aromatic carbocycles. The van der Waals surface area contributed by atoms with Gasteiger partial charge in [-0.1, -0.05) is 19.8 Å². The van der Waals surface area contributed by atoms with Crippen molar-refractivity contribution < 1.29 is 23.0 Å². The van der Waals surface area contributed by atoms with Gasteiger partial charge in [0.1, 0.15) is 0 Å². The van der Waals surface area contributed by atoms with E-state index in [2.05, 4.69) is 6.92 Å². The third-order valence-electron chi connectivity index (χ3n) is 2.64. The molecular formula is C14H31O5PS. The predicted octanol–water partition coefficient (Wildman–Crippen LogP) is 3.91. The lowest BCUT2D eigenvalue weighted by molar-refractivity contribution is 0.0591. The first-order chi connectivity index (χ1) is 10.1. The molecular weight excluding hydrogens is 311 g/mol. The van der Waals surface area contributed by atoms with Crippen molar-refractivity contribution in [2.75, 3.05) is 39.6 Å². The van der Waals surface area contributed by atoms with Crippen LogP contribution >= 0.6 is 6.72 Å². The Morgan fingerprint density at radius 3 is 1.86 bits per heavy atom. The summed E-state index contributed by atoms with van der Waals surface area (Å²) in [5.41, 5.74) is 0. The van der Waals surface area contributed by atoms with Crippen molar-refractivity contribution in [1.82, 2.24) is 0 Å². The van der Waals surface area contributed by atoms with Crippen molar-refractivity contribution in [2.45, 2.75) is 53.1 Å². The molecule has 0 spiro atoms. The van der Waals surface area contributed by atoms with Crippen molar-refractivity contribution in [3.8, 4) is 0 Å². The molecule has 0 heterocycles. The molecule has 0 N–H and O–H groups in total. The first kappa shape index (κ1) is 21.4. The first-order valence-electron chi connectivity index (χ1n) is 7.80. The quantitative estimate of drug-likeness (QED) is 0.332. The average Bonchev–Trinajstić information content (AvgIpc) is 2.46. The normalized spacial score (nSPS) is 13.5. The highest BCUT2D eigenvalue weighted by Gasteiger charge is 2.23. The molecule has 0 aromatic heterocycles. The Kier molecular flexibility index (Phi) is 14.4. The van der Waals surface area contributed by atoms with Gasteiger partial charge in [-0.2, -0.15) is 0 Å². The van der Waals surface area contributed by atoms with Gasteiger partial charge in [0.05, 0.1) is 32.5 Å². The van der Waals surface area contributed by atoms with Gasteiger partial charge in [0.15, 0.2) is 0 Å². The molecule has 1 unspecified atom stereocenters. The summed E-state index contributed by atoms with van der Waals surface area (Å²) >= 11 is 5.46. The minimum Gasteiger partial charge on any atom is -0.379 e. The van der Waals surface area contributed by atoms with Crippen LogP contribution in [0.3, 0.4) is 0 Å². The van der Waals surface area contributed by atoms with E-state index in [4.69, 9.17) is 34.9 Å². The summed E-state index contributed by atoms with van der Waals surface area (Å²) in [6.45, 7) is 8.41. The standard InChI is InChI=1S/C14H31O5PS/c1-5-8-9-14(4)19-20(21,17-12-10-15-6-2)18-13-11-16-7-3/h14H,5-13H2,1-4H3. The number of unbranched alkanes of at least 4 members (excludes halogenated alkanes) is 1. The van der Waals surface area contributed by atoms with Gasteiger partial charge in [0.2, 0.25) is 0 Å². The summed E-state index contributed by atoms with van der Waals surface area (Å²) in [5.74, 6) is 0. The number of ether oxygens (including phenoxy) is 2. The second kappa shape index (κ2) is 14.1. The molecule has 0 bridgehead atoms. The van der Waals surface area contributed by atoms with Gasteiger partial charge in [-0.3, -0.25) is 0 Å². The van der Waals surface area contributed by atoms with Crippen LogP contribution in [0.4, 0.5) is 0 Å². The molecule has 128 valence electrons. The third kappa shape index (κ3) is 12.7. The van der Waals surface area contributed by atoms with Crippen LogP contribution in [0.15, 0.2) is 0 Å². The summed E-state index contributed by atoms with van der Waals surface area (Å²) in [4.78, 5) is 0. The number of hydrogen-bond donors (Lipinski definition) is 0. The number of hydrogen-bond acceptors (Lipinski definition) is 6. The highest BCUT2D eigenvalue weighted by atomic mass is 32.5. The molecule has 0 aliphatic heterocycles. The van der Waals surface area contributed by atoms with Crippen molar-refractivity contribution in [3.63, 3.8) is 0 Å². The Morgan fingerprint density at radius 2 is 1.43 bits per heavy atom. The van der Waals surface area contributed by atoms with E-state index >= 15 is 0 Å². The lowest BCUT2D eigenvalue weighted by atomic mass is 10.2. The zero-order chi connectivity index (χ0) is 16.0. The second-order valence-corrected chi connectivity index (χ2v) is 7.53. The summed E-state index contributed by atoms with van der Waals surface area (Å²) in [6.07, 6.45) is 3.23. The molecule has 7 heteroatoms. The zero-order valence-electron chi connectivity index (χ0n) is 13.8. The Morgan fingerprint density at radius 1 is 0.905 bits per heavy atom. The van der Waals surface area contributed by atoms with Crippen LogP contribution in [0.5, 0.6) is 0 Å². The summed E-state index contributed by atoms with van der Waals surface area (Å²) in [5, 5.41) is 0. The van der Waals surface area contributed by atoms with E-state index in [1.807, 2.05) is 20.8 Å². The van der Waals surface area contributed by atoms with Gasteiger partial charge in [-0.15, -0.1) is 0 Å². The van der Waals surface area contributed by atoms with E-state index in [0.717, 1.165) is 19.3 Å². The maximum atomic E-state index is 5.87. The van der Waals surface area contributed by atoms with Crippen LogP contribution < -0.4 is 0 Å². The summed E-state index contributed by atoms with van der Waals surface area (Å²) in [7, 11) is 0. The molecule has 0 fully saturated rings. The molecule has 5 nitrogen and oxygen atoms in total. The monoisotopic (exact) mass is 342 g/mol. The van der Waals surface area contributed by atoms with E-state index in [1.54, 1.807) is 0 Å². The van der Waals surface area contributed by atoms with Gasteiger partial charge < -0.3 is 23.0 Å². The van der Waals surface area contributed by atoms with E-state index in [1.165, 1.54) is 0 Å². The molecule has 0 aromatic rings. The third-order valence-corrected chi connectivity index (χ3v) is 5.14. The molecule has 0 saturated heterocycles. The Hall–Kier alpha value is 0.450. The Balaban J connectivity index is 4.25.